The van der Waals surface area contributed by atoms with E-state index >= 15 is 0 Å². The number of hydrogen-bond acceptors (Lipinski definition) is 3. The van der Waals surface area contributed by atoms with Crippen LogP contribution in [0.2, 0.25) is 0 Å². The molecule has 1 spiro atoms. The second-order valence-corrected chi connectivity index (χ2v) is 6.54. The third kappa shape index (κ3) is 2.44. The van der Waals surface area contributed by atoms with E-state index in [-0.39, 0.29) is 17.1 Å². The number of ether oxygens (including phenoxy) is 2. The fourth-order valence-electron chi connectivity index (χ4n) is 3.80. The van der Waals surface area contributed by atoms with Gasteiger partial charge >= 0.3 is 0 Å². The molecule has 0 amide bonds. The molecule has 1 heterocycles. The molecule has 1 N–H and O–H groups in total. The molecular formula is C17H23FO3. The lowest BCUT2D eigenvalue weighted by Crippen LogP contribution is -2.50. The summed E-state index contributed by atoms with van der Waals surface area (Å²) in [6.07, 6.45) is 4.81. The summed E-state index contributed by atoms with van der Waals surface area (Å²) in [5.74, 6) is -0.0139. The van der Waals surface area contributed by atoms with Gasteiger partial charge in [-0.2, -0.15) is 0 Å². The third-order valence-electron chi connectivity index (χ3n) is 5.25. The van der Waals surface area contributed by atoms with E-state index in [4.69, 9.17) is 9.47 Å². The van der Waals surface area contributed by atoms with E-state index < -0.39 is 11.4 Å². The SMILES string of the molecule is COc1cccc(F)c1C(C)(O)C1CCOC2(CCC2)C1. The first kappa shape index (κ1) is 14.8. The van der Waals surface area contributed by atoms with Gasteiger partial charge in [0.1, 0.15) is 11.6 Å². The standard InChI is InChI=1S/C17H23FO3/c1-16(19,15-13(18)5-3-6-14(15)20-2)12-7-10-21-17(11-12)8-4-9-17/h3,5-6,12,19H,4,7-11H2,1-2H3. The smallest absolute Gasteiger partial charge is 0.133 e. The minimum Gasteiger partial charge on any atom is -0.496 e. The molecule has 2 unspecified atom stereocenters. The van der Waals surface area contributed by atoms with Gasteiger partial charge in [0.15, 0.2) is 0 Å². The number of aliphatic hydroxyl groups is 1. The predicted molar refractivity (Wildman–Crippen MR) is 77.8 cm³/mol. The van der Waals surface area contributed by atoms with Crippen molar-refractivity contribution < 1.29 is 19.0 Å². The van der Waals surface area contributed by atoms with E-state index in [1.807, 2.05) is 0 Å². The Morgan fingerprint density at radius 2 is 2.19 bits per heavy atom. The lowest BCUT2D eigenvalue weighted by Gasteiger charge is -2.50. The van der Waals surface area contributed by atoms with Crippen LogP contribution in [0.5, 0.6) is 5.75 Å². The normalized spacial score (nSPS) is 27.0. The molecule has 0 aromatic heterocycles. The second kappa shape index (κ2) is 5.25. The first-order valence-electron chi connectivity index (χ1n) is 7.68. The van der Waals surface area contributed by atoms with Crippen LogP contribution in [0.4, 0.5) is 4.39 Å². The van der Waals surface area contributed by atoms with E-state index in [1.54, 1.807) is 19.1 Å². The van der Waals surface area contributed by atoms with E-state index in [0.29, 0.717) is 12.4 Å². The van der Waals surface area contributed by atoms with Crippen LogP contribution in [0.15, 0.2) is 18.2 Å². The van der Waals surface area contributed by atoms with Crippen LogP contribution >= 0.6 is 0 Å². The van der Waals surface area contributed by atoms with Gasteiger partial charge in [0.05, 0.1) is 23.9 Å². The molecule has 21 heavy (non-hydrogen) atoms. The molecule has 1 saturated carbocycles. The van der Waals surface area contributed by atoms with Crippen LogP contribution in [0.25, 0.3) is 0 Å². The summed E-state index contributed by atoms with van der Waals surface area (Å²) in [7, 11) is 1.51. The molecule has 2 atom stereocenters. The molecule has 3 nitrogen and oxygen atoms in total. The molecule has 1 aromatic carbocycles. The highest BCUT2D eigenvalue weighted by Crippen LogP contribution is 2.50. The Bertz CT molecular complexity index is 523. The number of halogens is 1. The minimum absolute atomic E-state index is 0.0163. The predicted octanol–water partition coefficient (Wildman–Crippen LogP) is 3.39. The fourth-order valence-corrected chi connectivity index (χ4v) is 3.80. The molecule has 1 aliphatic heterocycles. The summed E-state index contributed by atoms with van der Waals surface area (Å²) in [4.78, 5) is 0. The Morgan fingerprint density at radius 3 is 2.81 bits per heavy atom. The summed E-state index contributed by atoms with van der Waals surface area (Å²) in [5.41, 5.74) is -1.05. The van der Waals surface area contributed by atoms with Crippen molar-refractivity contribution in [3.63, 3.8) is 0 Å². The third-order valence-corrected chi connectivity index (χ3v) is 5.25. The van der Waals surface area contributed by atoms with Crippen molar-refractivity contribution >= 4 is 0 Å². The maximum atomic E-state index is 14.3. The first-order valence-corrected chi connectivity index (χ1v) is 7.68. The van der Waals surface area contributed by atoms with E-state index in [9.17, 15) is 9.50 Å². The molecule has 2 aliphatic rings. The van der Waals surface area contributed by atoms with Crippen LogP contribution in [-0.4, -0.2) is 24.4 Å². The van der Waals surface area contributed by atoms with Gasteiger partial charge in [-0.25, -0.2) is 4.39 Å². The fraction of sp³-hybridized carbons (Fsp3) is 0.647. The Kier molecular flexibility index (Phi) is 3.70. The Labute approximate surface area is 125 Å². The van der Waals surface area contributed by atoms with Gasteiger partial charge in [-0.15, -0.1) is 0 Å². The largest absolute Gasteiger partial charge is 0.496 e. The zero-order valence-electron chi connectivity index (χ0n) is 12.7. The summed E-state index contributed by atoms with van der Waals surface area (Å²) in [6.45, 7) is 2.34. The van der Waals surface area contributed by atoms with Crippen molar-refractivity contribution in [1.29, 1.82) is 0 Å². The highest BCUT2D eigenvalue weighted by Gasteiger charge is 2.49. The zero-order chi connectivity index (χ0) is 15.1. The van der Waals surface area contributed by atoms with Gasteiger partial charge in [0.25, 0.3) is 0 Å². The molecule has 1 aromatic rings. The van der Waals surface area contributed by atoms with E-state index in [2.05, 4.69) is 0 Å². The Balaban J connectivity index is 1.92. The highest BCUT2D eigenvalue weighted by molar-refractivity contribution is 5.39. The van der Waals surface area contributed by atoms with Crippen molar-refractivity contribution in [3.8, 4) is 5.75 Å². The molecule has 0 radical (unpaired) electrons. The summed E-state index contributed by atoms with van der Waals surface area (Å²) in [5, 5.41) is 11.1. The van der Waals surface area contributed by atoms with Crippen LogP contribution in [0, 0.1) is 11.7 Å². The highest BCUT2D eigenvalue weighted by atomic mass is 19.1. The summed E-state index contributed by atoms with van der Waals surface area (Å²) in [6, 6.07) is 4.68. The quantitative estimate of drug-likeness (QED) is 0.928. The zero-order valence-corrected chi connectivity index (χ0v) is 12.7. The number of benzene rings is 1. The van der Waals surface area contributed by atoms with Crippen LogP contribution in [0.1, 0.15) is 44.6 Å². The van der Waals surface area contributed by atoms with Gasteiger partial charge < -0.3 is 14.6 Å². The molecular weight excluding hydrogens is 271 g/mol. The lowest BCUT2D eigenvalue weighted by atomic mass is 9.66. The van der Waals surface area contributed by atoms with Crippen LogP contribution < -0.4 is 4.74 Å². The van der Waals surface area contributed by atoms with Crippen molar-refractivity contribution in [1.82, 2.24) is 0 Å². The van der Waals surface area contributed by atoms with Crippen LogP contribution in [0.3, 0.4) is 0 Å². The lowest BCUT2D eigenvalue weighted by molar-refractivity contribution is -0.174. The minimum atomic E-state index is -1.25. The van der Waals surface area contributed by atoms with Gasteiger partial charge in [0, 0.05) is 6.61 Å². The first-order chi connectivity index (χ1) is 9.98. The molecule has 3 rings (SSSR count). The van der Waals surface area contributed by atoms with E-state index in [1.165, 1.54) is 19.6 Å². The van der Waals surface area contributed by atoms with Gasteiger partial charge in [-0.05, 0) is 57.1 Å². The Hall–Kier alpha value is -1.13. The maximum Gasteiger partial charge on any atom is 0.133 e. The second-order valence-electron chi connectivity index (χ2n) is 6.54. The number of rotatable bonds is 3. The molecule has 0 bridgehead atoms. The molecule has 116 valence electrons. The van der Waals surface area contributed by atoms with Crippen molar-refractivity contribution in [2.75, 3.05) is 13.7 Å². The molecule has 4 heteroatoms. The van der Waals surface area contributed by atoms with Crippen LogP contribution in [-0.2, 0) is 10.3 Å². The Morgan fingerprint density at radius 1 is 1.43 bits per heavy atom. The number of methoxy groups -OCH3 is 1. The molecule has 1 saturated heterocycles. The van der Waals surface area contributed by atoms with Crippen molar-refractivity contribution in [2.24, 2.45) is 5.92 Å². The average molecular weight is 294 g/mol. The molecule has 2 fully saturated rings. The van der Waals surface area contributed by atoms with Gasteiger partial charge in [-0.1, -0.05) is 6.07 Å². The monoisotopic (exact) mass is 294 g/mol. The van der Waals surface area contributed by atoms with Gasteiger partial charge in [0.2, 0.25) is 0 Å². The van der Waals surface area contributed by atoms with E-state index in [0.717, 1.165) is 25.7 Å². The summed E-state index contributed by atoms with van der Waals surface area (Å²) >= 11 is 0. The van der Waals surface area contributed by atoms with Gasteiger partial charge in [-0.3, -0.25) is 0 Å². The maximum absolute atomic E-state index is 14.3. The number of hydrogen-bond donors (Lipinski definition) is 1. The van der Waals surface area contributed by atoms with Crippen molar-refractivity contribution in [2.45, 2.75) is 50.2 Å². The van der Waals surface area contributed by atoms with Crippen molar-refractivity contribution in [3.05, 3.63) is 29.6 Å². The topological polar surface area (TPSA) is 38.7 Å². The average Bonchev–Trinajstić information content (AvgIpc) is 2.45. The molecule has 1 aliphatic carbocycles. The summed E-state index contributed by atoms with van der Waals surface area (Å²) < 4.78 is 25.5.